The van der Waals surface area contributed by atoms with Crippen LogP contribution in [-0.2, 0) is 0 Å². The molecule has 0 bridgehead atoms. The van der Waals surface area contributed by atoms with E-state index in [1.807, 2.05) is 6.20 Å². The van der Waals surface area contributed by atoms with Gasteiger partial charge in [0.1, 0.15) is 0 Å². The van der Waals surface area contributed by atoms with Gasteiger partial charge < -0.3 is 4.98 Å². The predicted octanol–water partition coefficient (Wildman–Crippen LogP) is 4.79. The lowest BCUT2D eigenvalue weighted by Gasteiger charge is -2.35. The van der Waals surface area contributed by atoms with Crippen LogP contribution in [0.1, 0.15) is 51.1 Å². The average Bonchev–Trinajstić information content (AvgIpc) is 2.73. The molecule has 20 heavy (non-hydrogen) atoms. The molecule has 2 aromatic rings. The molecule has 2 unspecified atom stereocenters. The van der Waals surface area contributed by atoms with Gasteiger partial charge in [-0.1, -0.05) is 26.7 Å². The van der Waals surface area contributed by atoms with Gasteiger partial charge in [0.25, 0.3) is 0 Å². The van der Waals surface area contributed by atoms with Crippen LogP contribution in [0, 0.1) is 23.5 Å². The molecule has 0 saturated heterocycles. The van der Waals surface area contributed by atoms with E-state index in [-0.39, 0.29) is 0 Å². The molecule has 1 saturated carbocycles. The van der Waals surface area contributed by atoms with Crippen molar-refractivity contribution in [2.45, 2.75) is 52.5 Å². The molecule has 0 aromatic carbocycles. The summed E-state index contributed by atoms with van der Waals surface area (Å²) in [6.07, 6.45) is 7.12. The number of nitrogens with one attached hydrogen (secondary N) is 1. The molecule has 0 aliphatic heterocycles. The SMILES string of the molecule is Cc1cnc2c(c1)[nH]c(=S)n2C1CCCCC1C(C)C. The van der Waals surface area contributed by atoms with Crippen molar-refractivity contribution in [3.05, 3.63) is 22.6 Å². The molecule has 3 nitrogen and oxygen atoms in total. The monoisotopic (exact) mass is 289 g/mol. The first-order valence-corrected chi connectivity index (χ1v) is 8.05. The van der Waals surface area contributed by atoms with Gasteiger partial charge in [-0.25, -0.2) is 4.98 Å². The molecule has 1 N–H and O–H groups in total. The largest absolute Gasteiger partial charge is 0.329 e. The molecule has 4 heteroatoms. The van der Waals surface area contributed by atoms with E-state index in [1.54, 1.807) is 0 Å². The zero-order valence-electron chi connectivity index (χ0n) is 12.5. The summed E-state index contributed by atoms with van der Waals surface area (Å²) in [6.45, 7) is 6.73. The van der Waals surface area contributed by atoms with E-state index >= 15 is 0 Å². The number of H-pyrrole nitrogens is 1. The van der Waals surface area contributed by atoms with Crippen molar-refractivity contribution in [1.29, 1.82) is 0 Å². The fraction of sp³-hybridized carbons (Fsp3) is 0.625. The Morgan fingerprint density at radius 3 is 2.85 bits per heavy atom. The van der Waals surface area contributed by atoms with Crippen molar-refractivity contribution in [1.82, 2.24) is 14.5 Å². The van der Waals surface area contributed by atoms with Crippen molar-refractivity contribution in [2.75, 3.05) is 0 Å². The smallest absolute Gasteiger partial charge is 0.179 e. The molecular formula is C16H23N3S. The summed E-state index contributed by atoms with van der Waals surface area (Å²) in [6, 6.07) is 2.64. The van der Waals surface area contributed by atoms with Gasteiger partial charge in [0.15, 0.2) is 10.4 Å². The van der Waals surface area contributed by atoms with Gasteiger partial charge >= 0.3 is 0 Å². The van der Waals surface area contributed by atoms with E-state index < -0.39 is 0 Å². The molecule has 108 valence electrons. The third kappa shape index (κ3) is 2.30. The van der Waals surface area contributed by atoms with E-state index in [0.717, 1.165) is 15.9 Å². The fourth-order valence-corrected chi connectivity index (χ4v) is 4.00. The third-order valence-corrected chi connectivity index (χ3v) is 4.96. The molecule has 0 spiro atoms. The summed E-state index contributed by atoms with van der Waals surface area (Å²) in [5.74, 6) is 1.40. The van der Waals surface area contributed by atoms with Crippen molar-refractivity contribution in [3.8, 4) is 0 Å². The van der Waals surface area contributed by atoms with Gasteiger partial charge in [0.05, 0.1) is 5.52 Å². The summed E-state index contributed by atoms with van der Waals surface area (Å²) in [7, 11) is 0. The second-order valence-corrected chi connectivity index (χ2v) is 6.83. The minimum Gasteiger partial charge on any atom is -0.329 e. The van der Waals surface area contributed by atoms with Crippen LogP contribution in [0.5, 0.6) is 0 Å². The zero-order chi connectivity index (χ0) is 14.3. The van der Waals surface area contributed by atoms with Crippen molar-refractivity contribution in [2.24, 2.45) is 11.8 Å². The molecule has 1 aliphatic rings. The molecule has 0 amide bonds. The number of hydrogen-bond acceptors (Lipinski definition) is 2. The van der Waals surface area contributed by atoms with Crippen LogP contribution in [0.2, 0.25) is 0 Å². The van der Waals surface area contributed by atoms with Gasteiger partial charge in [0, 0.05) is 12.2 Å². The van der Waals surface area contributed by atoms with E-state index in [0.29, 0.717) is 17.9 Å². The Morgan fingerprint density at radius 1 is 1.35 bits per heavy atom. The van der Waals surface area contributed by atoms with Gasteiger partial charge in [-0.05, 0) is 55.4 Å². The fourth-order valence-electron chi connectivity index (χ4n) is 3.66. The summed E-state index contributed by atoms with van der Waals surface area (Å²) in [4.78, 5) is 7.98. The molecular weight excluding hydrogens is 266 g/mol. The number of aromatic nitrogens is 3. The maximum atomic E-state index is 5.58. The third-order valence-electron chi connectivity index (χ3n) is 4.66. The first-order chi connectivity index (χ1) is 9.58. The van der Waals surface area contributed by atoms with Crippen LogP contribution in [-0.4, -0.2) is 14.5 Å². The average molecular weight is 289 g/mol. The number of fused-ring (bicyclic) bond motifs is 1. The maximum absolute atomic E-state index is 5.58. The highest BCUT2D eigenvalue weighted by atomic mass is 32.1. The van der Waals surface area contributed by atoms with E-state index in [9.17, 15) is 0 Å². The van der Waals surface area contributed by atoms with Crippen LogP contribution in [0.3, 0.4) is 0 Å². The lowest BCUT2D eigenvalue weighted by molar-refractivity contribution is 0.186. The second-order valence-electron chi connectivity index (χ2n) is 6.44. The lowest BCUT2D eigenvalue weighted by atomic mass is 9.77. The van der Waals surface area contributed by atoms with Gasteiger partial charge in [-0.2, -0.15) is 0 Å². The Hall–Kier alpha value is -1.16. The molecule has 0 radical (unpaired) electrons. The van der Waals surface area contributed by atoms with Crippen LogP contribution in [0.4, 0.5) is 0 Å². The van der Waals surface area contributed by atoms with E-state index in [4.69, 9.17) is 12.2 Å². The first kappa shape index (κ1) is 13.8. The predicted molar refractivity (Wildman–Crippen MR) is 85.5 cm³/mol. The number of nitrogens with zero attached hydrogens (tertiary/aromatic N) is 2. The minimum atomic E-state index is 0.500. The van der Waals surface area contributed by atoms with Gasteiger partial charge in [-0.15, -0.1) is 0 Å². The standard InChI is InChI=1S/C16H23N3S/c1-10(2)12-6-4-5-7-14(12)19-15-13(18-16(19)20)8-11(3)9-17-15/h8-10,12,14H,4-7H2,1-3H3,(H,18,20). The van der Waals surface area contributed by atoms with E-state index in [2.05, 4.69) is 41.4 Å². The first-order valence-electron chi connectivity index (χ1n) is 7.65. The number of rotatable bonds is 2. The summed E-state index contributed by atoms with van der Waals surface area (Å²) >= 11 is 5.58. The van der Waals surface area contributed by atoms with Crippen molar-refractivity contribution >= 4 is 23.4 Å². The zero-order valence-corrected chi connectivity index (χ0v) is 13.3. The summed E-state index contributed by atoms with van der Waals surface area (Å²) in [5.41, 5.74) is 3.27. The van der Waals surface area contributed by atoms with Crippen LogP contribution >= 0.6 is 12.2 Å². The highest BCUT2D eigenvalue weighted by Gasteiger charge is 2.30. The number of hydrogen-bond donors (Lipinski definition) is 1. The highest BCUT2D eigenvalue weighted by molar-refractivity contribution is 7.71. The molecule has 2 heterocycles. The lowest BCUT2D eigenvalue weighted by Crippen LogP contribution is -2.27. The summed E-state index contributed by atoms with van der Waals surface area (Å²) < 4.78 is 3.11. The van der Waals surface area contributed by atoms with E-state index in [1.165, 1.54) is 31.2 Å². The molecule has 1 fully saturated rings. The van der Waals surface area contributed by atoms with Crippen molar-refractivity contribution in [3.63, 3.8) is 0 Å². The molecule has 2 aromatic heterocycles. The minimum absolute atomic E-state index is 0.500. The van der Waals surface area contributed by atoms with Crippen molar-refractivity contribution < 1.29 is 0 Å². The normalized spacial score (nSPS) is 23.6. The Bertz CT molecular complexity index is 668. The van der Waals surface area contributed by atoms with Gasteiger partial charge in [0.2, 0.25) is 0 Å². The number of pyridine rings is 1. The van der Waals surface area contributed by atoms with Crippen LogP contribution < -0.4 is 0 Å². The molecule has 3 rings (SSSR count). The maximum Gasteiger partial charge on any atom is 0.179 e. The molecule has 1 aliphatic carbocycles. The number of aryl methyl sites for hydroxylation is 1. The Kier molecular flexibility index (Phi) is 3.67. The highest BCUT2D eigenvalue weighted by Crippen LogP contribution is 2.39. The van der Waals surface area contributed by atoms with Crippen LogP contribution in [0.25, 0.3) is 11.2 Å². The summed E-state index contributed by atoms with van der Waals surface area (Å²) in [5, 5.41) is 0. The number of imidazole rings is 1. The Morgan fingerprint density at radius 2 is 2.10 bits per heavy atom. The van der Waals surface area contributed by atoms with Gasteiger partial charge in [-0.3, -0.25) is 4.57 Å². The topological polar surface area (TPSA) is 33.6 Å². The Balaban J connectivity index is 2.12. The second kappa shape index (κ2) is 5.32. The quantitative estimate of drug-likeness (QED) is 0.806. The molecule has 2 atom stereocenters. The Labute approximate surface area is 125 Å². The van der Waals surface area contributed by atoms with Crippen LogP contribution in [0.15, 0.2) is 12.3 Å². The number of aromatic amines is 1.